The van der Waals surface area contributed by atoms with Crippen LogP contribution in [0.15, 0.2) is 0 Å². The lowest BCUT2D eigenvalue weighted by Gasteiger charge is -2.28. The molecule has 0 aromatic rings. The first kappa shape index (κ1) is 14.8. The van der Waals surface area contributed by atoms with E-state index in [0.29, 0.717) is 17.9 Å². The first-order valence-corrected chi connectivity index (χ1v) is 7.66. The molecule has 4 heteroatoms. The summed E-state index contributed by atoms with van der Waals surface area (Å²) in [6.07, 6.45) is 3.34. The topological polar surface area (TPSA) is 35.6 Å². The number of rotatable bonds is 6. The van der Waals surface area contributed by atoms with E-state index in [0.717, 1.165) is 32.4 Å². The molecule has 1 atom stereocenters. The van der Waals surface area contributed by atoms with Crippen molar-refractivity contribution in [3.63, 3.8) is 0 Å². The fourth-order valence-corrected chi connectivity index (χ4v) is 2.82. The molecule has 2 fully saturated rings. The van der Waals surface area contributed by atoms with Crippen LogP contribution in [0.2, 0.25) is 0 Å². The van der Waals surface area contributed by atoms with E-state index in [2.05, 4.69) is 49.9 Å². The van der Waals surface area contributed by atoms with E-state index >= 15 is 0 Å². The van der Waals surface area contributed by atoms with Crippen LogP contribution in [0.3, 0.4) is 0 Å². The molecule has 0 bridgehead atoms. The van der Waals surface area contributed by atoms with Crippen LogP contribution >= 0.6 is 0 Å². The van der Waals surface area contributed by atoms with Gasteiger partial charge in [0.05, 0.1) is 11.7 Å². The fraction of sp³-hybridized carbons (Fsp3) is 0.933. The molecular formula is C15H29N3O. The number of hydrogen-bond acceptors (Lipinski definition) is 3. The van der Waals surface area contributed by atoms with E-state index in [-0.39, 0.29) is 11.7 Å². The average Bonchev–Trinajstić information content (AvgIpc) is 3.06. The smallest absolute Gasteiger partial charge is 0.244 e. The quantitative estimate of drug-likeness (QED) is 0.795. The number of carbonyl (C=O) groups excluding carboxylic acids is 1. The lowest BCUT2D eigenvalue weighted by Crippen LogP contribution is -2.42. The van der Waals surface area contributed by atoms with Crippen LogP contribution in [0, 0.1) is 5.92 Å². The fourth-order valence-electron chi connectivity index (χ4n) is 2.82. The standard InChI is InChI=1S/C15H29N3O/c1-11(2)13-16-15(7-8-15)14(19)18(13)10-6-9-17(5)12(3)4/h11-13,16H,6-10H2,1-5H3. The first-order valence-electron chi connectivity index (χ1n) is 7.66. The summed E-state index contributed by atoms with van der Waals surface area (Å²) < 4.78 is 0. The highest BCUT2D eigenvalue weighted by molar-refractivity contribution is 5.91. The van der Waals surface area contributed by atoms with Crippen LogP contribution < -0.4 is 5.32 Å². The summed E-state index contributed by atoms with van der Waals surface area (Å²) in [7, 11) is 2.15. The van der Waals surface area contributed by atoms with Crippen molar-refractivity contribution < 1.29 is 4.79 Å². The summed E-state index contributed by atoms with van der Waals surface area (Å²) >= 11 is 0. The summed E-state index contributed by atoms with van der Waals surface area (Å²) in [6, 6.07) is 0.572. The molecule has 1 N–H and O–H groups in total. The van der Waals surface area contributed by atoms with Gasteiger partial charge in [0.25, 0.3) is 0 Å². The molecule has 1 heterocycles. The van der Waals surface area contributed by atoms with Gasteiger partial charge in [0.15, 0.2) is 0 Å². The van der Waals surface area contributed by atoms with E-state index in [4.69, 9.17) is 0 Å². The highest BCUT2D eigenvalue weighted by Crippen LogP contribution is 2.43. The molecule has 0 aromatic carbocycles. The maximum absolute atomic E-state index is 12.5. The molecule has 1 saturated carbocycles. The van der Waals surface area contributed by atoms with Crippen molar-refractivity contribution in [1.29, 1.82) is 0 Å². The number of hydrogen-bond donors (Lipinski definition) is 1. The van der Waals surface area contributed by atoms with Gasteiger partial charge >= 0.3 is 0 Å². The molecular weight excluding hydrogens is 238 g/mol. The normalized spacial score (nSPS) is 25.4. The molecule has 4 nitrogen and oxygen atoms in total. The lowest BCUT2D eigenvalue weighted by atomic mass is 10.1. The zero-order valence-corrected chi connectivity index (χ0v) is 13.1. The van der Waals surface area contributed by atoms with Crippen LogP contribution in [-0.2, 0) is 4.79 Å². The van der Waals surface area contributed by atoms with Crippen molar-refractivity contribution in [1.82, 2.24) is 15.1 Å². The predicted octanol–water partition coefficient (Wildman–Crippen LogP) is 1.66. The van der Waals surface area contributed by atoms with Crippen LogP contribution in [0.4, 0.5) is 0 Å². The van der Waals surface area contributed by atoms with Crippen molar-refractivity contribution in [3.8, 4) is 0 Å². The van der Waals surface area contributed by atoms with E-state index < -0.39 is 0 Å². The second kappa shape index (κ2) is 5.41. The van der Waals surface area contributed by atoms with Gasteiger partial charge in [-0.15, -0.1) is 0 Å². The van der Waals surface area contributed by atoms with Crippen molar-refractivity contribution in [3.05, 3.63) is 0 Å². The Kier molecular flexibility index (Phi) is 4.21. The minimum absolute atomic E-state index is 0.168. The third kappa shape index (κ3) is 2.95. The van der Waals surface area contributed by atoms with Crippen LogP contribution in [0.5, 0.6) is 0 Å². The van der Waals surface area contributed by atoms with Crippen molar-refractivity contribution in [2.45, 2.75) is 64.7 Å². The molecule has 1 spiro atoms. The van der Waals surface area contributed by atoms with Crippen LogP contribution in [0.25, 0.3) is 0 Å². The Balaban J connectivity index is 1.88. The Hall–Kier alpha value is -0.610. The van der Waals surface area contributed by atoms with Gasteiger partial charge in [-0.3, -0.25) is 10.1 Å². The predicted molar refractivity (Wildman–Crippen MR) is 77.8 cm³/mol. The Labute approximate surface area is 117 Å². The second-order valence-electron chi connectivity index (χ2n) is 6.84. The lowest BCUT2D eigenvalue weighted by molar-refractivity contribution is -0.131. The molecule has 1 saturated heterocycles. The molecule has 1 unspecified atom stereocenters. The maximum Gasteiger partial charge on any atom is 0.244 e. The zero-order chi connectivity index (χ0) is 14.2. The minimum Gasteiger partial charge on any atom is -0.325 e. The summed E-state index contributed by atoms with van der Waals surface area (Å²) in [5, 5.41) is 3.56. The van der Waals surface area contributed by atoms with E-state index in [9.17, 15) is 4.79 Å². The maximum atomic E-state index is 12.5. The molecule has 0 aromatic heterocycles. The summed E-state index contributed by atoms with van der Waals surface area (Å²) in [5.41, 5.74) is -0.168. The van der Waals surface area contributed by atoms with E-state index in [1.54, 1.807) is 0 Å². The molecule has 1 aliphatic carbocycles. The van der Waals surface area contributed by atoms with Gasteiger partial charge in [-0.2, -0.15) is 0 Å². The zero-order valence-electron chi connectivity index (χ0n) is 13.1. The summed E-state index contributed by atoms with van der Waals surface area (Å²) in [4.78, 5) is 16.9. The van der Waals surface area contributed by atoms with Gasteiger partial charge in [-0.1, -0.05) is 13.8 Å². The van der Waals surface area contributed by atoms with E-state index in [1.807, 2.05) is 0 Å². The Morgan fingerprint density at radius 2 is 2.00 bits per heavy atom. The van der Waals surface area contributed by atoms with Crippen molar-refractivity contribution in [2.75, 3.05) is 20.1 Å². The van der Waals surface area contributed by atoms with Gasteiger partial charge in [-0.05, 0) is 52.6 Å². The first-order chi connectivity index (χ1) is 8.87. The van der Waals surface area contributed by atoms with Crippen LogP contribution in [-0.4, -0.2) is 53.6 Å². The monoisotopic (exact) mass is 267 g/mol. The van der Waals surface area contributed by atoms with Gasteiger partial charge in [0, 0.05) is 12.6 Å². The number of amides is 1. The average molecular weight is 267 g/mol. The Morgan fingerprint density at radius 1 is 1.37 bits per heavy atom. The van der Waals surface area contributed by atoms with Gasteiger partial charge in [0.2, 0.25) is 5.91 Å². The number of nitrogens with zero attached hydrogens (tertiary/aromatic N) is 2. The molecule has 0 radical (unpaired) electrons. The van der Waals surface area contributed by atoms with E-state index in [1.165, 1.54) is 0 Å². The largest absolute Gasteiger partial charge is 0.325 e. The second-order valence-corrected chi connectivity index (χ2v) is 6.84. The summed E-state index contributed by atoms with van der Waals surface area (Å²) in [6.45, 7) is 10.7. The van der Waals surface area contributed by atoms with Gasteiger partial charge in [-0.25, -0.2) is 0 Å². The van der Waals surface area contributed by atoms with Gasteiger partial charge < -0.3 is 9.80 Å². The molecule has 2 aliphatic rings. The summed E-state index contributed by atoms with van der Waals surface area (Å²) in [5.74, 6) is 0.824. The molecule has 1 aliphatic heterocycles. The van der Waals surface area contributed by atoms with Gasteiger partial charge in [0.1, 0.15) is 0 Å². The van der Waals surface area contributed by atoms with Crippen LogP contribution in [0.1, 0.15) is 47.0 Å². The van der Waals surface area contributed by atoms with Crippen molar-refractivity contribution in [2.24, 2.45) is 5.92 Å². The third-order valence-electron chi connectivity index (χ3n) is 4.60. The highest BCUT2D eigenvalue weighted by Gasteiger charge is 2.59. The van der Waals surface area contributed by atoms with Crippen molar-refractivity contribution >= 4 is 5.91 Å². The Morgan fingerprint density at radius 3 is 2.47 bits per heavy atom. The minimum atomic E-state index is -0.168. The molecule has 19 heavy (non-hydrogen) atoms. The third-order valence-corrected chi connectivity index (χ3v) is 4.60. The Bertz CT molecular complexity index is 336. The number of nitrogens with one attached hydrogen (secondary N) is 1. The highest BCUT2D eigenvalue weighted by atomic mass is 16.2. The molecule has 2 rings (SSSR count). The SMILES string of the molecule is CC(C)C1NC2(CC2)C(=O)N1CCCN(C)C(C)C. The molecule has 1 amide bonds. The number of carbonyl (C=O) groups is 1. The molecule has 110 valence electrons.